The summed E-state index contributed by atoms with van der Waals surface area (Å²) in [6, 6.07) is 0. The average Bonchev–Trinajstić information content (AvgIpc) is 2.21. The molecule has 90 valence electrons. The highest BCUT2D eigenvalue weighted by atomic mass is 16.2. The first-order valence-electron chi connectivity index (χ1n) is 6.01. The summed E-state index contributed by atoms with van der Waals surface area (Å²) in [5.41, 5.74) is 5.44. The Morgan fingerprint density at radius 1 is 1.33 bits per heavy atom. The van der Waals surface area contributed by atoms with Crippen molar-refractivity contribution in [2.75, 3.05) is 19.6 Å². The van der Waals surface area contributed by atoms with Gasteiger partial charge in [0.05, 0.1) is 0 Å². The fourth-order valence-corrected chi connectivity index (χ4v) is 1.67. The predicted octanol–water partition coefficient (Wildman–Crippen LogP) is 1.87. The van der Waals surface area contributed by atoms with Crippen LogP contribution in [0.3, 0.4) is 0 Å². The smallest absolute Gasteiger partial charge is 0.225 e. The Balaban J connectivity index is 4.12. The first-order chi connectivity index (χ1) is 7.02. The molecule has 15 heavy (non-hydrogen) atoms. The molecular weight excluding hydrogens is 188 g/mol. The van der Waals surface area contributed by atoms with Gasteiger partial charge in [-0.2, -0.15) is 0 Å². The van der Waals surface area contributed by atoms with Crippen molar-refractivity contribution in [1.29, 1.82) is 0 Å². The highest BCUT2D eigenvalue weighted by molar-refractivity contribution is 5.78. The van der Waals surface area contributed by atoms with Crippen LogP contribution in [0, 0.1) is 11.8 Å². The van der Waals surface area contributed by atoms with Crippen LogP contribution in [0.5, 0.6) is 0 Å². The zero-order valence-electron chi connectivity index (χ0n) is 10.6. The molecule has 3 nitrogen and oxygen atoms in total. The summed E-state index contributed by atoms with van der Waals surface area (Å²) in [6.07, 6.45) is 1.84. The number of hydrogen-bond donors (Lipinski definition) is 1. The van der Waals surface area contributed by atoms with E-state index in [1.165, 1.54) is 0 Å². The van der Waals surface area contributed by atoms with Crippen molar-refractivity contribution in [1.82, 2.24) is 4.90 Å². The third kappa shape index (κ3) is 5.78. The minimum atomic E-state index is 0.118. The molecule has 2 N–H and O–H groups in total. The Labute approximate surface area is 94.0 Å². The Hall–Kier alpha value is -0.570. The van der Waals surface area contributed by atoms with Crippen molar-refractivity contribution in [3.8, 4) is 0 Å². The van der Waals surface area contributed by atoms with Gasteiger partial charge in [-0.15, -0.1) is 0 Å². The topological polar surface area (TPSA) is 46.3 Å². The van der Waals surface area contributed by atoms with Crippen molar-refractivity contribution in [2.24, 2.45) is 17.6 Å². The molecule has 0 saturated heterocycles. The lowest BCUT2D eigenvalue weighted by molar-refractivity contribution is -0.135. The molecule has 0 fully saturated rings. The summed E-state index contributed by atoms with van der Waals surface area (Å²) in [6.45, 7) is 10.7. The molecule has 0 aromatic rings. The maximum atomic E-state index is 12.0. The van der Waals surface area contributed by atoms with Crippen LogP contribution < -0.4 is 5.73 Å². The van der Waals surface area contributed by atoms with E-state index in [-0.39, 0.29) is 11.8 Å². The summed E-state index contributed by atoms with van der Waals surface area (Å²) in [5.74, 6) is 0.933. The maximum absolute atomic E-state index is 12.0. The molecule has 0 bridgehead atoms. The fraction of sp³-hybridized carbons (Fsp3) is 0.917. The SMILES string of the molecule is CCN(CC(C)C)C(=O)C(C)CCCN. The van der Waals surface area contributed by atoms with Gasteiger partial charge in [-0.05, 0) is 32.2 Å². The Morgan fingerprint density at radius 2 is 1.93 bits per heavy atom. The monoisotopic (exact) mass is 214 g/mol. The molecule has 0 aromatic carbocycles. The van der Waals surface area contributed by atoms with Crippen LogP contribution in [0.4, 0.5) is 0 Å². The van der Waals surface area contributed by atoms with Gasteiger partial charge in [0.15, 0.2) is 0 Å². The van der Waals surface area contributed by atoms with Crippen LogP contribution in [-0.4, -0.2) is 30.4 Å². The minimum absolute atomic E-state index is 0.118. The Bertz CT molecular complexity index is 180. The van der Waals surface area contributed by atoms with E-state index in [4.69, 9.17) is 5.73 Å². The molecule has 1 amide bonds. The van der Waals surface area contributed by atoms with E-state index in [1.54, 1.807) is 0 Å². The number of carbonyl (C=O) groups excluding carboxylic acids is 1. The maximum Gasteiger partial charge on any atom is 0.225 e. The molecule has 0 spiro atoms. The van der Waals surface area contributed by atoms with Crippen LogP contribution in [0.25, 0.3) is 0 Å². The second kappa shape index (κ2) is 7.69. The number of rotatable bonds is 7. The highest BCUT2D eigenvalue weighted by Gasteiger charge is 2.19. The molecule has 0 aliphatic heterocycles. The molecule has 3 heteroatoms. The minimum Gasteiger partial charge on any atom is -0.342 e. The molecule has 1 unspecified atom stereocenters. The van der Waals surface area contributed by atoms with E-state index >= 15 is 0 Å². The molecule has 0 rings (SSSR count). The van der Waals surface area contributed by atoms with Gasteiger partial charge in [0.1, 0.15) is 0 Å². The van der Waals surface area contributed by atoms with Crippen LogP contribution in [0.15, 0.2) is 0 Å². The Kier molecular flexibility index (Phi) is 7.39. The Morgan fingerprint density at radius 3 is 2.33 bits per heavy atom. The molecular formula is C12H26N2O. The van der Waals surface area contributed by atoms with Gasteiger partial charge in [-0.1, -0.05) is 20.8 Å². The summed E-state index contributed by atoms with van der Waals surface area (Å²) < 4.78 is 0. The van der Waals surface area contributed by atoms with Gasteiger partial charge >= 0.3 is 0 Å². The molecule has 1 atom stereocenters. The van der Waals surface area contributed by atoms with Crippen LogP contribution in [0.1, 0.15) is 40.5 Å². The summed E-state index contributed by atoms with van der Waals surface area (Å²) in [7, 11) is 0. The molecule has 0 aliphatic rings. The van der Waals surface area contributed by atoms with E-state index in [0.29, 0.717) is 12.5 Å². The van der Waals surface area contributed by atoms with E-state index in [9.17, 15) is 4.79 Å². The number of amides is 1. The second-order valence-corrected chi connectivity index (χ2v) is 4.60. The zero-order chi connectivity index (χ0) is 11.8. The number of carbonyl (C=O) groups is 1. The lowest BCUT2D eigenvalue weighted by Crippen LogP contribution is -2.37. The van der Waals surface area contributed by atoms with Crippen molar-refractivity contribution in [2.45, 2.75) is 40.5 Å². The van der Waals surface area contributed by atoms with Crippen molar-refractivity contribution in [3.05, 3.63) is 0 Å². The molecule has 0 radical (unpaired) electrons. The van der Waals surface area contributed by atoms with Gasteiger partial charge in [0.2, 0.25) is 5.91 Å². The average molecular weight is 214 g/mol. The summed E-state index contributed by atoms with van der Waals surface area (Å²) >= 11 is 0. The van der Waals surface area contributed by atoms with Gasteiger partial charge in [0.25, 0.3) is 0 Å². The van der Waals surface area contributed by atoms with Gasteiger partial charge < -0.3 is 10.6 Å². The first kappa shape index (κ1) is 14.4. The number of nitrogens with two attached hydrogens (primary N) is 1. The standard InChI is InChI=1S/C12H26N2O/c1-5-14(9-10(2)3)12(15)11(4)7-6-8-13/h10-11H,5-9,13H2,1-4H3. The van der Waals surface area contributed by atoms with Gasteiger partial charge in [0, 0.05) is 19.0 Å². The first-order valence-corrected chi connectivity index (χ1v) is 6.01. The van der Waals surface area contributed by atoms with Gasteiger partial charge in [-0.3, -0.25) is 4.79 Å². The van der Waals surface area contributed by atoms with Crippen LogP contribution in [-0.2, 0) is 4.79 Å². The van der Waals surface area contributed by atoms with Crippen molar-refractivity contribution in [3.63, 3.8) is 0 Å². The molecule has 0 heterocycles. The van der Waals surface area contributed by atoms with E-state index < -0.39 is 0 Å². The second-order valence-electron chi connectivity index (χ2n) is 4.60. The van der Waals surface area contributed by atoms with Gasteiger partial charge in [-0.25, -0.2) is 0 Å². The largest absolute Gasteiger partial charge is 0.342 e. The third-order valence-corrected chi connectivity index (χ3v) is 2.54. The van der Waals surface area contributed by atoms with Crippen LogP contribution in [0.2, 0.25) is 0 Å². The lowest BCUT2D eigenvalue weighted by Gasteiger charge is -2.26. The quantitative estimate of drug-likeness (QED) is 0.703. The highest BCUT2D eigenvalue weighted by Crippen LogP contribution is 2.11. The van der Waals surface area contributed by atoms with Crippen LogP contribution >= 0.6 is 0 Å². The molecule has 0 aromatic heterocycles. The van der Waals surface area contributed by atoms with E-state index in [1.807, 2.05) is 18.7 Å². The van der Waals surface area contributed by atoms with E-state index in [0.717, 1.165) is 25.9 Å². The number of hydrogen-bond acceptors (Lipinski definition) is 2. The van der Waals surface area contributed by atoms with Crippen molar-refractivity contribution >= 4 is 5.91 Å². The zero-order valence-corrected chi connectivity index (χ0v) is 10.6. The van der Waals surface area contributed by atoms with Crippen molar-refractivity contribution < 1.29 is 4.79 Å². The fourth-order valence-electron chi connectivity index (χ4n) is 1.67. The normalized spacial score (nSPS) is 12.9. The summed E-state index contributed by atoms with van der Waals surface area (Å²) in [4.78, 5) is 14.0. The molecule has 0 saturated carbocycles. The van der Waals surface area contributed by atoms with E-state index in [2.05, 4.69) is 13.8 Å². The number of nitrogens with zero attached hydrogens (tertiary/aromatic N) is 1. The molecule has 0 aliphatic carbocycles. The lowest BCUT2D eigenvalue weighted by atomic mass is 10.0. The summed E-state index contributed by atoms with van der Waals surface area (Å²) in [5, 5.41) is 0. The third-order valence-electron chi connectivity index (χ3n) is 2.54. The predicted molar refractivity (Wildman–Crippen MR) is 64.5 cm³/mol.